The number of benzene rings is 1. The Hall–Kier alpha value is -1.18. The summed E-state index contributed by atoms with van der Waals surface area (Å²) in [5.74, 6) is 0. The predicted octanol–water partition coefficient (Wildman–Crippen LogP) is 3.26. The minimum absolute atomic E-state index is 0.614. The monoisotopic (exact) mass is 163 g/mol. The lowest BCUT2D eigenvalue weighted by Crippen LogP contribution is -1.86. The van der Waals surface area contributed by atoms with E-state index in [9.17, 15) is 4.91 Å². The van der Waals surface area contributed by atoms with Crippen LogP contribution in [-0.4, -0.2) is 0 Å². The van der Waals surface area contributed by atoms with Crippen LogP contribution in [0.1, 0.15) is 23.6 Å². The van der Waals surface area contributed by atoms with E-state index >= 15 is 0 Å². The maximum atomic E-state index is 10.5. The number of hydrogen-bond donors (Lipinski definition) is 0. The lowest BCUT2D eigenvalue weighted by molar-refractivity contribution is 1.11. The lowest BCUT2D eigenvalue weighted by atomic mass is 10.0. The highest BCUT2D eigenvalue weighted by molar-refractivity contribution is 5.54. The smallest absolute Gasteiger partial charge is 0.114 e. The maximum absolute atomic E-state index is 10.5. The fourth-order valence-corrected chi connectivity index (χ4v) is 1.45. The molecule has 0 unspecified atom stereocenters. The fraction of sp³-hybridized carbons (Fsp3) is 0.400. The van der Waals surface area contributed by atoms with E-state index in [0.29, 0.717) is 5.69 Å². The van der Waals surface area contributed by atoms with Crippen molar-refractivity contribution >= 4 is 5.69 Å². The Balaban J connectivity index is 3.33. The van der Waals surface area contributed by atoms with Gasteiger partial charge in [-0.15, -0.1) is 4.91 Å². The summed E-state index contributed by atoms with van der Waals surface area (Å²) in [6.07, 6.45) is 0.865. The van der Waals surface area contributed by atoms with Crippen molar-refractivity contribution in [2.45, 2.75) is 27.2 Å². The molecule has 2 heteroatoms. The molecule has 0 N–H and O–H groups in total. The molecule has 0 fully saturated rings. The van der Waals surface area contributed by atoms with Gasteiger partial charge >= 0.3 is 0 Å². The van der Waals surface area contributed by atoms with Crippen LogP contribution in [0.25, 0.3) is 0 Å². The summed E-state index contributed by atoms with van der Waals surface area (Å²) in [7, 11) is 0. The number of nitroso groups, excluding NO2 is 1. The Kier molecular flexibility index (Phi) is 2.58. The Morgan fingerprint density at radius 3 is 2.50 bits per heavy atom. The molecule has 0 aliphatic heterocycles. The first-order valence-corrected chi connectivity index (χ1v) is 4.12. The molecular formula is C10H13NO. The van der Waals surface area contributed by atoms with Gasteiger partial charge in [-0.2, -0.15) is 0 Å². The van der Waals surface area contributed by atoms with E-state index in [2.05, 4.69) is 5.18 Å². The summed E-state index contributed by atoms with van der Waals surface area (Å²) in [6, 6.07) is 4.00. The summed E-state index contributed by atoms with van der Waals surface area (Å²) >= 11 is 0. The molecule has 2 nitrogen and oxygen atoms in total. The average Bonchev–Trinajstić information content (AvgIpc) is 2.03. The van der Waals surface area contributed by atoms with Gasteiger partial charge in [0, 0.05) is 0 Å². The molecule has 0 radical (unpaired) electrons. The Morgan fingerprint density at radius 2 is 2.00 bits per heavy atom. The highest BCUT2D eigenvalue weighted by atomic mass is 16.3. The van der Waals surface area contributed by atoms with E-state index in [0.717, 1.165) is 17.5 Å². The van der Waals surface area contributed by atoms with Crippen molar-refractivity contribution in [2.24, 2.45) is 5.18 Å². The topological polar surface area (TPSA) is 29.4 Å². The highest BCUT2D eigenvalue weighted by Gasteiger charge is 2.04. The zero-order chi connectivity index (χ0) is 9.14. The number of aryl methyl sites for hydroxylation is 3. The molecule has 0 atom stereocenters. The van der Waals surface area contributed by atoms with Gasteiger partial charge in [0.1, 0.15) is 5.69 Å². The zero-order valence-corrected chi connectivity index (χ0v) is 7.72. The molecule has 1 aromatic rings. The van der Waals surface area contributed by atoms with Crippen LogP contribution in [0.5, 0.6) is 0 Å². The van der Waals surface area contributed by atoms with Crippen LogP contribution in [0.4, 0.5) is 5.69 Å². The van der Waals surface area contributed by atoms with Gasteiger partial charge in [0.05, 0.1) is 0 Å². The first-order chi connectivity index (χ1) is 5.69. The van der Waals surface area contributed by atoms with Crippen molar-refractivity contribution in [3.05, 3.63) is 33.7 Å². The maximum Gasteiger partial charge on any atom is 0.114 e. The SMILES string of the molecule is CCc1cc(C)cc(C)c1N=O. The second-order valence-electron chi connectivity index (χ2n) is 3.03. The molecule has 0 heterocycles. The molecule has 12 heavy (non-hydrogen) atoms. The van der Waals surface area contributed by atoms with Gasteiger partial charge in [-0.05, 0) is 36.6 Å². The first kappa shape index (κ1) is 8.91. The van der Waals surface area contributed by atoms with Crippen molar-refractivity contribution in [1.29, 1.82) is 0 Å². The summed E-state index contributed by atoms with van der Waals surface area (Å²) in [6.45, 7) is 5.98. The molecule has 0 aromatic heterocycles. The van der Waals surface area contributed by atoms with Crippen molar-refractivity contribution in [2.75, 3.05) is 0 Å². The predicted molar refractivity (Wildman–Crippen MR) is 50.7 cm³/mol. The normalized spacial score (nSPS) is 9.92. The molecular weight excluding hydrogens is 150 g/mol. The molecule has 1 aromatic carbocycles. The van der Waals surface area contributed by atoms with E-state index in [4.69, 9.17) is 0 Å². The Labute approximate surface area is 72.6 Å². The molecule has 0 spiro atoms. The molecule has 1 rings (SSSR count). The van der Waals surface area contributed by atoms with Gasteiger partial charge in [-0.1, -0.05) is 24.6 Å². The van der Waals surface area contributed by atoms with Crippen LogP contribution in [0.3, 0.4) is 0 Å². The van der Waals surface area contributed by atoms with E-state index in [1.165, 1.54) is 5.56 Å². The van der Waals surface area contributed by atoms with Gasteiger partial charge in [-0.25, -0.2) is 0 Å². The van der Waals surface area contributed by atoms with E-state index in [-0.39, 0.29) is 0 Å². The van der Waals surface area contributed by atoms with Crippen LogP contribution < -0.4 is 0 Å². The summed E-state index contributed by atoms with van der Waals surface area (Å²) in [5, 5.41) is 3.03. The molecule has 0 aliphatic carbocycles. The van der Waals surface area contributed by atoms with Crippen LogP contribution in [0.15, 0.2) is 17.3 Å². The minimum Gasteiger partial charge on any atom is -0.145 e. The largest absolute Gasteiger partial charge is 0.145 e. The standard InChI is InChI=1S/C10H13NO/c1-4-9-6-7(2)5-8(3)10(9)11-12/h5-6H,4H2,1-3H3. The van der Waals surface area contributed by atoms with Gasteiger partial charge in [0.25, 0.3) is 0 Å². The van der Waals surface area contributed by atoms with Crippen molar-refractivity contribution in [1.82, 2.24) is 0 Å². The van der Waals surface area contributed by atoms with Gasteiger partial charge in [0.2, 0.25) is 0 Å². The quantitative estimate of drug-likeness (QED) is 0.615. The van der Waals surface area contributed by atoms with Crippen molar-refractivity contribution < 1.29 is 0 Å². The molecule has 0 amide bonds. The average molecular weight is 163 g/mol. The van der Waals surface area contributed by atoms with Gasteiger partial charge in [-0.3, -0.25) is 0 Å². The highest BCUT2D eigenvalue weighted by Crippen LogP contribution is 2.25. The molecule has 0 saturated carbocycles. The third-order valence-corrected chi connectivity index (χ3v) is 2.00. The van der Waals surface area contributed by atoms with Crippen LogP contribution in [0.2, 0.25) is 0 Å². The third-order valence-electron chi connectivity index (χ3n) is 2.00. The van der Waals surface area contributed by atoms with E-state index < -0.39 is 0 Å². The van der Waals surface area contributed by atoms with Crippen molar-refractivity contribution in [3.63, 3.8) is 0 Å². The third kappa shape index (κ3) is 1.52. The first-order valence-electron chi connectivity index (χ1n) is 4.12. The number of hydrogen-bond acceptors (Lipinski definition) is 2. The summed E-state index contributed by atoms with van der Waals surface area (Å²) < 4.78 is 0. The van der Waals surface area contributed by atoms with Crippen LogP contribution in [0, 0.1) is 18.8 Å². The Bertz CT molecular complexity index is 305. The van der Waals surface area contributed by atoms with Crippen molar-refractivity contribution in [3.8, 4) is 0 Å². The minimum atomic E-state index is 0.614. The second-order valence-corrected chi connectivity index (χ2v) is 3.03. The van der Waals surface area contributed by atoms with Crippen LogP contribution in [-0.2, 0) is 6.42 Å². The Morgan fingerprint density at radius 1 is 1.33 bits per heavy atom. The van der Waals surface area contributed by atoms with Gasteiger partial charge < -0.3 is 0 Å². The second kappa shape index (κ2) is 3.48. The number of nitrogens with zero attached hydrogens (tertiary/aromatic N) is 1. The summed E-state index contributed by atoms with van der Waals surface area (Å²) in [4.78, 5) is 10.5. The lowest BCUT2D eigenvalue weighted by Gasteiger charge is -2.05. The molecule has 0 bridgehead atoms. The van der Waals surface area contributed by atoms with Crippen LogP contribution >= 0.6 is 0 Å². The molecule has 0 saturated heterocycles. The van der Waals surface area contributed by atoms with Gasteiger partial charge in [0.15, 0.2) is 0 Å². The van der Waals surface area contributed by atoms with E-state index in [1.807, 2.05) is 32.9 Å². The molecule has 0 aliphatic rings. The van der Waals surface area contributed by atoms with E-state index in [1.54, 1.807) is 0 Å². The zero-order valence-electron chi connectivity index (χ0n) is 7.72. The number of rotatable bonds is 2. The molecule has 64 valence electrons. The summed E-state index contributed by atoms with van der Waals surface area (Å²) in [5.41, 5.74) is 3.82. The fourth-order valence-electron chi connectivity index (χ4n) is 1.45.